The summed E-state index contributed by atoms with van der Waals surface area (Å²) in [6.45, 7) is 1.79. The fourth-order valence-corrected chi connectivity index (χ4v) is 3.85. The smallest absolute Gasteiger partial charge is 0.339 e. The molecule has 0 amide bonds. The second-order valence-electron chi connectivity index (χ2n) is 6.03. The topological polar surface area (TPSA) is 77.2 Å². The van der Waals surface area contributed by atoms with E-state index in [2.05, 4.69) is 10.3 Å². The first-order chi connectivity index (χ1) is 10.2. The highest BCUT2D eigenvalue weighted by molar-refractivity contribution is 5.89. The van der Waals surface area contributed by atoms with Crippen molar-refractivity contribution in [3.8, 4) is 0 Å². The highest BCUT2D eigenvalue weighted by Gasteiger charge is 2.40. The molecule has 0 unspecified atom stereocenters. The van der Waals surface area contributed by atoms with Gasteiger partial charge in [-0.2, -0.15) is 0 Å². The fourth-order valence-electron chi connectivity index (χ4n) is 3.85. The second kappa shape index (κ2) is 6.12. The van der Waals surface area contributed by atoms with Crippen LogP contribution < -0.4 is 11.1 Å². The predicted octanol–water partition coefficient (Wildman–Crippen LogP) is 1.43. The number of nitrogens with zero attached hydrogens (tertiary/aromatic N) is 1. The third-order valence-electron chi connectivity index (χ3n) is 4.87. The number of nitrogens with one attached hydrogen (secondary N) is 1. The van der Waals surface area contributed by atoms with Gasteiger partial charge >= 0.3 is 5.97 Å². The second-order valence-corrected chi connectivity index (χ2v) is 6.03. The van der Waals surface area contributed by atoms with Crippen LogP contribution in [0, 0.1) is 11.8 Å². The number of rotatable bonds is 4. The molecule has 2 heterocycles. The Morgan fingerprint density at radius 3 is 3.19 bits per heavy atom. The SMILES string of the molecule is COC(=O)c1cnc2c(c1)[C@@H]1NCC[C@@H]1[C@H](CCCN)C2. The number of nitrogens with two attached hydrogens (primary N) is 1. The van der Waals surface area contributed by atoms with Gasteiger partial charge in [0, 0.05) is 17.9 Å². The molecule has 1 aromatic heterocycles. The summed E-state index contributed by atoms with van der Waals surface area (Å²) in [5.74, 6) is 0.973. The van der Waals surface area contributed by atoms with Gasteiger partial charge in [0.1, 0.15) is 0 Å². The first-order valence-corrected chi connectivity index (χ1v) is 7.75. The molecule has 1 aromatic rings. The van der Waals surface area contributed by atoms with E-state index in [1.807, 2.05) is 6.07 Å². The Kier molecular flexibility index (Phi) is 4.22. The molecule has 3 N–H and O–H groups in total. The Morgan fingerprint density at radius 2 is 2.43 bits per heavy atom. The minimum Gasteiger partial charge on any atom is -0.465 e. The van der Waals surface area contributed by atoms with Crippen molar-refractivity contribution in [1.82, 2.24) is 10.3 Å². The van der Waals surface area contributed by atoms with Crippen LogP contribution in [-0.2, 0) is 11.2 Å². The summed E-state index contributed by atoms with van der Waals surface area (Å²) in [5.41, 5.74) is 8.52. The molecule has 5 nitrogen and oxygen atoms in total. The molecule has 0 spiro atoms. The van der Waals surface area contributed by atoms with Crippen LogP contribution in [0.3, 0.4) is 0 Å². The van der Waals surface area contributed by atoms with Gasteiger partial charge in [-0.05, 0) is 62.2 Å². The third kappa shape index (κ3) is 2.68. The van der Waals surface area contributed by atoms with Gasteiger partial charge in [0.25, 0.3) is 0 Å². The van der Waals surface area contributed by atoms with Crippen molar-refractivity contribution in [2.75, 3.05) is 20.2 Å². The zero-order chi connectivity index (χ0) is 14.8. The number of hydrogen-bond donors (Lipinski definition) is 2. The molecule has 3 rings (SSSR count). The van der Waals surface area contributed by atoms with Crippen molar-refractivity contribution >= 4 is 5.97 Å². The molecule has 1 fully saturated rings. The van der Waals surface area contributed by atoms with Gasteiger partial charge in [0.2, 0.25) is 0 Å². The summed E-state index contributed by atoms with van der Waals surface area (Å²) in [7, 11) is 1.40. The molecule has 5 heteroatoms. The van der Waals surface area contributed by atoms with Crippen molar-refractivity contribution in [3.05, 3.63) is 29.1 Å². The van der Waals surface area contributed by atoms with Crippen molar-refractivity contribution in [3.63, 3.8) is 0 Å². The summed E-state index contributed by atoms with van der Waals surface area (Å²) < 4.78 is 4.80. The van der Waals surface area contributed by atoms with E-state index in [1.54, 1.807) is 6.20 Å². The molecule has 0 saturated carbocycles. The van der Waals surface area contributed by atoms with Crippen molar-refractivity contribution < 1.29 is 9.53 Å². The van der Waals surface area contributed by atoms with E-state index in [9.17, 15) is 4.79 Å². The van der Waals surface area contributed by atoms with Crippen LogP contribution in [0.25, 0.3) is 0 Å². The maximum atomic E-state index is 11.7. The van der Waals surface area contributed by atoms with Crippen LogP contribution >= 0.6 is 0 Å². The van der Waals surface area contributed by atoms with E-state index in [1.165, 1.54) is 25.5 Å². The van der Waals surface area contributed by atoms with Gasteiger partial charge in [0.05, 0.1) is 12.7 Å². The molecule has 1 aliphatic carbocycles. The fraction of sp³-hybridized carbons (Fsp3) is 0.625. The number of methoxy groups -OCH3 is 1. The van der Waals surface area contributed by atoms with Crippen molar-refractivity contribution in [1.29, 1.82) is 0 Å². The van der Waals surface area contributed by atoms with E-state index >= 15 is 0 Å². The summed E-state index contributed by atoms with van der Waals surface area (Å²) in [6, 6.07) is 2.29. The summed E-state index contributed by atoms with van der Waals surface area (Å²) in [4.78, 5) is 16.2. The average Bonchev–Trinajstić information content (AvgIpc) is 3.01. The Balaban J connectivity index is 1.90. The van der Waals surface area contributed by atoms with E-state index in [-0.39, 0.29) is 5.97 Å². The highest BCUT2D eigenvalue weighted by Crippen LogP contribution is 2.44. The minimum absolute atomic E-state index is 0.315. The zero-order valence-corrected chi connectivity index (χ0v) is 12.5. The van der Waals surface area contributed by atoms with Gasteiger partial charge in [-0.1, -0.05) is 0 Å². The lowest BCUT2D eigenvalue weighted by Gasteiger charge is -2.35. The third-order valence-corrected chi connectivity index (χ3v) is 4.87. The summed E-state index contributed by atoms with van der Waals surface area (Å²) >= 11 is 0. The van der Waals surface area contributed by atoms with E-state index in [4.69, 9.17) is 10.5 Å². The van der Waals surface area contributed by atoms with Gasteiger partial charge in [0.15, 0.2) is 0 Å². The number of esters is 1. The first-order valence-electron chi connectivity index (χ1n) is 7.75. The van der Waals surface area contributed by atoms with Crippen molar-refractivity contribution in [2.24, 2.45) is 17.6 Å². The molecule has 21 heavy (non-hydrogen) atoms. The molecule has 1 saturated heterocycles. The van der Waals surface area contributed by atoms with Gasteiger partial charge in [-0.25, -0.2) is 4.79 Å². The van der Waals surface area contributed by atoms with Crippen LogP contribution in [-0.4, -0.2) is 31.2 Å². The zero-order valence-electron chi connectivity index (χ0n) is 12.5. The molecule has 0 aromatic carbocycles. The van der Waals surface area contributed by atoms with E-state index in [0.29, 0.717) is 23.4 Å². The average molecular weight is 289 g/mol. The lowest BCUT2D eigenvalue weighted by molar-refractivity contribution is 0.0600. The maximum Gasteiger partial charge on any atom is 0.339 e. The molecule has 114 valence electrons. The van der Waals surface area contributed by atoms with Gasteiger partial charge < -0.3 is 15.8 Å². The number of fused-ring (bicyclic) bond motifs is 3. The predicted molar refractivity (Wildman–Crippen MR) is 79.9 cm³/mol. The summed E-state index contributed by atoms with van der Waals surface area (Å²) in [5, 5.41) is 3.58. The number of pyridine rings is 1. The Hall–Kier alpha value is -1.46. The lowest BCUT2D eigenvalue weighted by Crippen LogP contribution is -2.32. The van der Waals surface area contributed by atoms with E-state index in [0.717, 1.165) is 31.6 Å². The van der Waals surface area contributed by atoms with Crippen LogP contribution in [0.2, 0.25) is 0 Å². The lowest BCUT2D eigenvalue weighted by atomic mass is 9.73. The normalized spacial score (nSPS) is 27.0. The quantitative estimate of drug-likeness (QED) is 0.820. The number of carbonyl (C=O) groups excluding carboxylic acids is 1. The van der Waals surface area contributed by atoms with Crippen LogP contribution in [0.5, 0.6) is 0 Å². The monoisotopic (exact) mass is 289 g/mol. The van der Waals surface area contributed by atoms with Crippen LogP contribution in [0.4, 0.5) is 0 Å². The number of ether oxygens (including phenoxy) is 1. The van der Waals surface area contributed by atoms with Crippen LogP contribution in [0.1, 0.15) is 46.9 Å². The Morgan fingerprint density at radius 1 is 1.57 bits per heavy atom. The van der Waals surface area contributed by atoms with Gasteiger partial charge in [-0.15, -0.1) is 0 Å². The first kappa shape index (κ1) is 14.5. The largest absolute Gasteiger partial charge is 0.465 e. The molecular weight excluding hydrogens is 266 g/mol. The molecule has 0 radical (unpaired) electrons. The molecule has 1 aliphatic heterocycles. The van der Waals surface area contributed by atoms with Gasteiger partial charge in [-0.3, -0.25) is 4.98 Å². The number of carbonyl (C=O) groups is 1. The van der Waals surface area contributed by atoms with E-state index < -0.39 is 0 Å². The molecule has 0 bridgehead atoms. The van der Waals surface area contributed by atoms with Crippen LogP contribution in [0.15, 0.2) is 12.3 Å². The minimum atomic E-state index is -0.315. The number of hydrogen-bond acceptors (Lipinski definition) is 5. The number of aromatic nitrogens is 1. The molecule has 2 aliphatic rings. The summed E-state index contributed by atoms with van der Waals surface area (Å²) in [6.07, 6.45) is 6.07. The van der Waals surface area contributed by atoms with Crippen molar-refractivity contribution in [2.45, 2.75) is 31.7 Å². The Labute approximate surface area is 125 Å². The standard InChI is InChI=1S/C16H23N3O2/c1-21-16(20)11-7-13-14(19-9-11)8-10(3-2-5-17)12-4-6-18-15(12)13/h7,9-10,12,15,18H,2-6,8,17H2,1H3/t10-,12-,15-/m1/s1. The molecule has 3 atom stereocenters. The Bertz CT molecular complexity index is 532. The highest BCUT2D eigenvalue weighted by atomic mass is 16.5. The molecular formula is C16H23N3O2. The maximum absolute atomic E-state index is 11.7.